The molecule has 2 heterocycles. The molecular formula is C11H9F3N4S2. The first-order valence-electron chi connectivity index (χ1n) is 5.65. The molecule has 0 aliphatic carbocycles. The highest BCUT2D eigenvalue weighted by molar-refractivity contribution is 7.73. The van der Waals surface area contributed by atoms with Crippen molar-refractivity contribution in [1.82, 2.24) is 9.88 Å². The molecule has 1 N–H and O–H groups in total. The lowest BCUT2D eigenvalue weighted by molar-refractivity contribution is 0.0268. The summed E-state index contributed by atoms with van der Waals surface area (Å²) >= 11 is 6.26. The van der Waals surface area contributed by atoms with Gasteiger partial charge in [-0.15, -0.1) is 11.3 Å². The summed E-state index contributed by atoms with van der Waals surface area (Å²) in [5.41, 5.74) is 0.809. The summed E-state index contributed by atoms with van der Waals surface area (Å²) in [4.78, 5) is 3.72. The van der Waals surface area contributed by atoms with Crippen LogP contribution in [0.5, 0.6) is 0 Å². The Labute approximate surface area is 121 Å². The molecule has 106 valence electrons. The lowest BCUT2D eigenvalue weighted by atomic mass is 10.3. The number of fused-ring (bicyclic) bond motifs is 1. The summed E-state index contributed by atoms with van der Waals surface area (Å²) in [6.07, 6.45) is 0. The molecule has 0 amide bonds. The Bertz CT molecular complexity index is 752. The zero-order chi connectivity index (χ0) is 14.4. The fourth-order valence-corrected chi connectivity index (χ4v) is 3.12. The molecule has 0 unspecified atom stereocenters. The summed E-state index contributed by atoms with van der Waals surface area (Å²) < 4.78 is 40.8. The monoisotopic (exact) mass is 318 g/mol. The fraction of sp³-hybridized carbons (Fsp3) is 0.273. The van der Waals surface area contributed by atoms with Crippen LogP contribution in [-0.4, -0.2) is 28.9 Å². The number of H-pyrrole nitrogens is 1. The third kappa shape index (κ3) is 2.16. The summed E-state index contributed by atoms with van der Waals surface area (Å²) in [6, 6.07) is 2.86. The molecule has 2 aromatic rings. The maximum absolute atomic E-state index is 14.1. The van der Waals surface area contributed by atoms with Gasteiger partial charge in [-0.3, -0.25) is 4.90 Å². The standard InChI is InChI=1S/C11H9F3N4S2/c1-5-16-18(4-17(5)10(13)14)8-3-7-9(2-6(8)12)20-11(19)15-7/h2-3,10H,4H2,1H3,(H,15,19). The van der Waals surface area contributed by atoms with Crippen LogP contribution in [0, 0.1) is 9.77 Å². The highest BCUT2D eigenvalue weighted by Crippen LogP contribution is 2.30. The van der Waals surface area contributed by atoms with Gasteiger partial charge in [0.25, 0.3) is 0 Å². The molecular weight excluding hydrogens is 309 g/mol. The van der Waals surface area contributed by atoms with Crippen molar-refractivity contribution in [2.45, 2.75) is 13.5 Å². The molecule has 1 aromatic carbocycles. The Balaban J connectivity index is 2.03. The number of aromatic nitrogens is 1. The summed E-state index contributed by atoms with van der Waals surface area (Å²) in [5.74, 6) is -0.367. The van der Waals surface area contributed by atoms with Gasteiger partial charge in [-0.2, -0.15) is 13.9 Å². The Morgan fingerprint density at radius 2 is 2.20 bits per heavy atom. The molecule has 1 aliphatic rings. The minimum Gasteiger partial charge on any atom is -0.337 e. The number of anilines is 1. The fourth-order valence-electron chi connectivity index (χ4n) is 2.00. The van der Waals surface area contributed by atoms with Crippen LogP contribution in [0.3, 0.4) is 0 Å². The summed E-state index contributed by atoms with van der Waals surface area (Å²) in [7, 11) is 0. The number of nitrogens with zero attached hydrogens (tertiary/aromatic N) is 3. The summed E-state index contributed by atoms with van der Waals surface area (Å²) in [6.45, 7) is -1.39. The molecule has 9 heteroatoms. The zero-order valence-electron chi connectivity index (χ0n) is 10.2. The van der Waals surface area contributed by atoms with Gasteiger partial charge in [-0.25, -0.2) is 9.40 Å². The number of thiazole rings is 1. The van der Waals surface area contributed by atoms with E-state index in [1.165, 1.54) is 35.4 Å². The molecule has 0 saturated carbocycles. The van der Waals surface area contributed by atoms with E-state index in [2.05, 4.69) is 10.1 Å². The number of aromatic amines is 1. The smallest absolute Gasteiger partial charge is 0.317 e. The molecule has 0 spiro atoms. The quantitative estimate of drug-likeness (QED) is 0.677. The molecule has 0 fully saturated rings. The van der Waals surface area contributed by atoms with Crippen LogP contribution in [0.4, 0.5) is 18.9 Å². The first-order chi connectivity index (χ1) is 9.45. The third-order valence-electron chi connectivity index (χ3n) is 2.97. The number of rotatable bonds is 2. The van der Waals surface area contributed by atoms with Crippen molar-refractivity contribution in [3.05, 3.63) is 21.9 Å². The van der Waals surface area contributed by atoms with E-state index >= 15 is 0 Å². The second-order valence-corrected chi connectivity index (χ2v) is 5.97. The molecule has 0 atom stereocenters. The van der Waals surface area contributed by atoms with Crippen LogP contribution in [0.1, 0.15) is 6.92 Å². The maximum Gasteiger partial charge on any atom is 0.317 e. The van der Waals surface area contributed by atoms with Gasteiger partial charge in [0.2, 0.25) is 0 Å². The second-order valence-electron chi connectivity index (χ2n) is 4.25. The van der Waals surface area contributed by atoms with Gasteiger partial charge in [-0.05, 0) is 31.3 Å². The SMILES string of the molecule is CC1=NN(c2cc3[nH]c(=S)sc3cc2F)CN1C(F)F. The zero-order valence-corrected chi connectivity index (χ0v) is 11.9. The topological polar surface area (TPSA) is 34.6 Å². The Hall–Kier alpha value is -1.61. The van der Waals surface area contributed by atoms with Crippen LogP contribution < -0.4 is 5.01 Å². The molecule has 0 saturated heterocycles. The first kappa shape index (κ1) is 13.4. The van der Waals surface area contributed by atoms with E-state index in [1.807, 2.05) is 0 Å². The molecule has 3 rings (SSSR count). The lowest BCUT2D eigenvalue weighted by Crippen LogP contribution is -2.34. The van der Waals surface area contributed by atoms with Crippen molar-refractivity contribution < 1.29 is 13.2 Å². The van der Waals surface area contributed by atoms with Crippen molar-refractivity contribution in [2.75, 3.05) is 11.7 Å². The second kappa shape index (κ2) is 4.74. The predicted molar refractivity (Wildman–Crippen MR) is 75.3 cm³/mol. The number of amidine groups is 1. The van der Waals surface area contributed by atoms with E-state index in [0.29, 0.717) is 14.2 Å². The highest BCUT2D eigenvalue weighted by atomic mass is 32.1. The number of hydrazone groups is 1. The molecule has 0 radical (unpaired) electrons. The van der Waals surface area contributed by atoms with Gasteiger partial charge in [0.15, 0.2) is 3.95 Å². The van der Waals surface area contributed by atoms with E-state index in [9.17, 15) is 13.2 Å². The molecule has 4 nitrogen and oxygen atoms in total. The van der Waals surface area contributed by atoms with Crippen LogP contribution in [0.15, 0.2) is 17.2 Å². The average molecular weight is 318 g/mol. The van der Waals surface area contributed by atoms with E-state index in [4.69, 9.17) is 12.2 Å². The van der Waals surface area contributed by atoms with Gasteiger partial charge >= 0.3 is 6.55 Å². The minimum absolute atomic E-state index is 0.143. The number of benzene rings is 1. The van der Waals surface area contributed by atoms with Crippen molar-refractivity contribution >= 4 is 45.3 Å². The molecule has 1 aromatic heterocycles. The van der Waals surface area contributed by atoms with Gasteiger partial charge in [0.05, 0.1) is 15.9 Å². The van der Waals surface area contributed by atoms with Gasteiger partial charge in [-0.1, -0.05) is 0 Å². The number of halogens is 3. The molecule has 20 heavy (non-hydrogen) atoms. The number of alkyl halides is 2. The lowest BCUT2D eigenvalue weighted by Gasteiger charge is -2.19. The van der Waals surface area contributed by atoms with Crippen molar-refractivity contribution in [1.29, 1.82) is 0 Å². The Kier molecular flexibility index (Phi) is 3.17. The van der Waals surface area contributed by atoms with Gasteiger partial charge in [0, 0.05) is 0 Å². The van der Waals surface area contributed by atoms with Gasteiger partial charge in [0.1, 0.15) is 18.3 Å². The molecule has 1 aliphatic heterocycles. The highest BCUT2D eigenvalue weighted by Gasteiger charge is 2.28. The van der Waals surface area contributed by atoms with E-state index < -0.39 is 12.4 Å². The van der Waals surface area contributed by atoms with Crippen molar-refractivity contribution in [2.24, 2.45) is 5.10 Å². The predicted octanol–water partition coefficient (Wildman–Crippen LogP) is 3.73. The average Bonchev–Trinajstić information content (AvgIpc) is 2.90. The Morgan fingerprint density at radius 1 is 1.45 bits per heavy atom. The summed E-state index contributed by atoms with van der Waals surface area (Å²) in [5, 5.41) is 5.17. The van der Waals surface area contributed by atoms with Crippen LogP contribution in [0.25, 0.3) is 10.2 Å². The molecule has 0 bridgehead atoms. The number of hydrogen-bond acceptors (Lipinski definition) is 5. The van der Waals surface area contributed by atoms with Gasteiger partial charge < -0.3 is 4.98 Å². The van der Waals surface area contributed by atoms with E-state index in [1.54, 1.807) is 0 Å². The van der Waals surface area contributed by atoms with Crippen molar-refractivity contribution in [3.63, 3.8) is 0 Å². The number of nitrogens with one attached hydrogen (secondary N) is 1. The minimum atomic E-state index is -2.66. The van der Waals surface area contributed by atoms with Crippen LogP contribution in [-0.2, 0) is 0 Å². The van der Waals surface area contributed by atoms with E-state index in [0.717, 1.165) is 4.90 Å². The third-order valence-corrected chi connectivity index (χ3v) is 4.17. The van der Waals surface area contributed by atoms with Crippen LogP contribution in [0.2, 0.25) is 0 Å². The maximum atomic E-state index is 14.1. The van der Waals surface area contributed by atoms with E-state index in [-0.39, 0.29) is 18.2 Å². The normalized spacial score (nSPS) is 15.6. The largest absolute Gasteiger partial charge is 0.337 e. The number of hydrogen-bond donors (Lipinski definition) is 1. The van der Waals surface area contributed by atoms with Crippen LogP contribution >= 0.6 is 23.6 Å². The first-order valence-corrected chi connectivity index (χ1v) is 6.88. The van der Waals surface area contributed by atoms with Crippen molar-refractivity contribution in [3.8, 4) is 0 Å². The Morgan fingerprint density at radius 3 is 2.85 bits per heavy atom.